The molecular formula is C21H22ClN3O3S2. The lowest BCUT2D eigenvalue weighted by atomic mass is 10.1. The predicted molar refractivity (Wildman–Crippen MR) is 124 cm³/mol. The van der Waals surface area contributed by atoms with Crippen LogP contribution in [0.3, 0.4) is 0 Å². The van der Waals surface area contributed by atoms with E-state index in [1.54, 1.807) is 18.2 Å². The molecule has 2 aromatic rings. The van der Waals surface area contributed by atoms with Crippen molar-refractivity contribution < 1.29 is 13.2 Å². The second-order valence-electron chi connectivity index (χ2n) is 7.55. The molecule has 2 aromatic carbocycles. The number of rotatable bonds is 5. The molecule has 2 aliphatic heterocycles. The number of hydrogen-bond acceptors (Lipinski definition) is 6. The third-order valence-electron chi connectivity index (χ3n) is 5.11. The molecule has 0 radical (unpaired) electrons. The summed E-state index contributed by atoms with van der Waals surface area (Å²) in [6.07, 6.45) is 0.754. The van der Waals surface area contributed by atoms with Crippen LogP contribution in [0.1, 0.15) is 21.5 Å². The summed E-state index contributed by atoms with van der Waals surface area (Å²) >= 11 is 7.70. The molecule has 2 aliphatic rings. The highest BCUT2D eigenvalue weighted by Gasteiger charge is 2.42. The van der Waals surface area contributed by atoms with Crippen molar-refractivity contribution in [3.8, 4) is 0 Å². The Bertz CT molecular complexity index is 1100. The van der Waals surface area contributed by atoms with E-state index in [1.807, 2.05) is 6.92 Å². The van der Waals surface area contributed by atoms with Gasteiger partial charge in [0.2, 0.25) is 0 Å². The first-order chi connectivity index (χ1) is 14.3. The van der Waals surface area contributed by atoms with Crippen LogP contribution in [0.25, 0.3) is 0 Å². The Balaban J connectivity index is 1.37. The fourth-order valence-corrected chi connectivity index (χ4v) is 7.30. The molecule has 0 bridgehead atoms. The second kappa shape index (κ2) is 8.61. The Morgan fingerprint density at radius 3 is 2.70 bits per heavy atom. The van der Waals surface area contributed by atoms with Crippen LogP contribution in [0.2, 0.25) is 5.02 Å². The molecule has 9 heteroatoms. The maximum atomic E-state index is 12.5. The van der Waals surface area contributed by atoms with Gasteiger partial charge in [-0.05, 0) is 37.1 Å². The lowest BCUT2D eigenvalue weighted by Crippen LogP contribution is -2.25. The number of fused-ring (bicyclic) bond motifs is 1. The van der Waals surface area contributed by atoms with Gasteiger partial charge in [0.15, 0.2) is 15.0 Å². The molecular weight excluding hydrogens is 442 g/mol. The first-order valence-corrected chi connectivity index (χ1v) is 12.7. The summed E-state index contributed by atoms with van der Waals surface area (Å²) in [6, 6.07) is 13.1. The van der Waals surface area contributed by atoms with E-state index in [0.717, 1.165) is 6.42 Å². The van der Waals surface area contributed by atoms with Gasteiger partial charge in [-0.1, -0.05) is 53.2 Å². The molecule has 1 amide bonds. The van der Waals surface area contributed by atoms with E-state index in [-0.39, 0.29) is 28.7 Å². The lowest BCUT2D eigenvalue weighted by Gasteiger charge is -2.11. The summed E-state index contributed by atoms with van der Waals surface area (Å²) in [7, 11) is -2.99. The molecule has 1 fully saturated rings. The number of amides is 1. The standard InChI is InChI=1S/C21H22ClN3O3S2/c1-13-2-4-14(5-3-13)8-9-23-20(26)15-6-7-16(22)17(10-15)24-21-25-18-11-30(27,28)12-19(18)29-21/h2-7,10,18-19H,8-9,11-12H2,1H3,(H,23,26)(H,24,25)/t18-,19+/m1/s1. The van der Waals surface area contributed by atoms with Crippen molar-refractivity contribution in [2.24, 2.45) is 4.99 Å². The first kappa shape index (κ1) is 21.2. The summed E-state index contributed by atoms with van der Waals surface area (Å²) in [5.74, 6) is 0.0621. The van der Waals surface area contributed by atoms with Crippen LogP contribution in [-0.4, -0.2) is 48.8 Å². The number of thioether (sulfide) groups is 1. The van der Waals surface area contributed by atoms with E-state index in [2.05, 4.69) is 39.9 Å². The Hall–Kier alpha value is -2.03. The Morgan fingerprint density at radius 1 is 1.20 bits per heavy atom. The molecule has 158 valence electrons. The summed E-state index contributed by atoms with van der Waals surface area (Å²) in [5.41, 5.74) is 3.46. The molecule has 0 aromatic heterocycles. The van der Waals surface area contributed by atoms with Gasteiger partial charge in [0, 0.05) is 17.4 Å². The molecule has 2 N–H and O–H groups in total. The lowest BCUT2D eigenvalue weighted by molar-refractivity contribution is 0.0954. The number of carbonyl (C=O) groups is 1. The zero-order valence-electron chi connectivity index (χ0n) is 16.4. The van der Waals surface area contributed by atoms with Gasteiger partial charge in [-0.3, -0.25) is 9.79 Å². The highest BCUT2D eigenvalue weighted by molar-refractivity contribution is 8.15. The molecule has 0 spiro atoms. The van der Waals surface area contributed by atoms with Crippen molar-refractivity contribution in [3.63, 3.8) is 0 Å². The zero-order valence-corrected chi connectivity index (χ0v) is 18.8. The van der Waals surface area contributed by atoms with Crippen molar-refractivity contribution in [2.45, 2.75) is 24.6 Å². The fourth-order valence-electron chi connectivity index (χ4n) is 3.47. The predicted octanol–water partition coefficient (Wildman–Crippen LogP) is 3.30. The van der Waals surface area contributed by atoms with E-state index in [1.165, 1.54) is 22.9 Å². The quantitative estimate of drug-likeness (QED) is 0.710. The Kier molecular flexibility index (Phi) is 6.09. The molecule has 0 saturated carbocycles. The number of carbonyl (C=O) groups excluding carboxylic acids is 1. The smallest absolute Gasteiger partial charge is 0.251 e. The van der Waals surface area contributed by atoms with Gasteiger partial charge in [0.05, 0.1) is 28.3 Å². The SMILES string of the molecule is Cc1ccc(CCNC(=O)c2ccc(Cl)c(NC3=N[C@@H]4CS(=O)(=O)C[C@@H]4S3)c2)cc1. The van der Waals surface area contributed by atoms with Gasteiger partial charge in [-0.15, -0.1) is 0 Å². The van der Waals surface area contributed by atoms with Crippen LogP contribution in [0.4, 0.5) is 5.69 Å². The van der Waals surface area contributed by atoms with Crippen LogP contribution in [0.15, 0.2) is 47.5 Å². The number of nitrogens with zero attached hydrogens (tertiary/aromatic N) is 1. The third kappa shape index (κ3) is 4.99. The number of halogens is 1. The van der Waals surface area contributed by atoms with Crippen molar-refractivity contribution >= 4 is 50.0 Å². The number of anilines is 1. The van der Waals surface area contributed by atoms with E-state index >= 15 is 0 Å². The minimum Gasteiger partial charge on any atom is -0.352 e. The Morgan fingerprint density at radius 2 is 1.97 bits per heavy atom. The number of benzene rings is 2. The van der Waals surface area contributed by atoms with Gasteiger partial charge in [0.1, 0.15) is 0 Å². The fraction of sp³-hybridized carbons (Fsp3) is 0.333. The second-order valence-corrected chi connectivity index (χ2v) is 11.3. The average molecular weight is 464 g/mol. The highest BCUT2D eigenvalue weighted by atomic mass is 35.5. The largest absolute Gasteiger partial charge is 0.352 e. The van der Waals surface area contributed by atoms with Gasteiger partial charge in [0.25, 0.3) is 5.91 Å². The number of sulfone groups is 1. The number of amidine groups is 1. The van der Waals surface area contributed by atoms with Crippen LogP contribution in [-0.2, 0) is 16.3 Å². The van der Waals surface area contributed by atoms with Crippen LogP contribution in [0, 0.1) is 6.92 Å². The van der Waals surface area contributed by atoms with E-state index in [0.29, 0.717) is 28.0 Å². The van der Waals surface area contributed by atoms with Crippen molar-refractivity contribution in [1.29, 1.82) is 0 Å². The minimum atomic E-state index is -2.99. The topological polar surface area (TPSA) is 87.6 Å². The molecule has 0 unspecified atom stereocenters. The minimum absolute atomic E-state index is 0.0514. The molecule has 30 heavy (non-hydrogen) atoms. The van der Waals surface area contributed by atoms with Crippen molar-refractivity contribution in [3.05, 3.63) is 64.2 Å². The molecule has 1 saturated heterocycles. The zero-order chi connectivity index (χ0) is 21.3. The summed E-state index contributed by atoms with van der Waals surface area (Å²) in [5, 5.41) is 7.14. The number of hydrogen-bond donors (Lipinski definition) is 2. The Labute approximate surface area is 185 Å². The average Bonchev–Trinajstić information content (AvgIpc) is 3.17. The van der Waals surface area contributed by atoms with Gasteiger partial charge in [-0.2, -0.15) is 0 Å². The molecule has 4 rings (SSSR count). The van der Waals surface area contributed by atoms with E-state index in [4.69, 9.17) is 11.6 Å². The maximum absolute atomic E-state index is 12.5. The monoisotopic (exact) mass is 463 g/mol. The third-order valence-corrected chi connectivity index (χ3v) is 8.58. The van der Waals surface area contributed by atoms with Gasteiger partial charge >= 0.3 is 0 Å². The number of nitrogens with one attached hydrogen (secondary N) is 2. The number of aliphatic imine (C=N–C) groups is 1. The van der Waals surface area contributed by atoms with E-state index < -0.39 is 9.84 Å². The van der Waals surface area contributed by atoms with Crippen LogP contribution < -0.4 is 10.6 Å². The van der Waals surface area contributed by atoms with Crippen LogP contribution in [0.5, 0.6) is 0 Å². The van der Waals surface area contributed by atoms with Gasteiger partial charge < -0.3 is 10.6 Å². The van der Waals surface area contributed by atoms with E-state index in [9.17, 15) is 13.2 Å². The summed E-state index contributed by atoms with van der Waals surface area (Å²) in [4.78, 5) is 17.0. The van der Waals surface area contributed by atoms with Gasteiger partial charge in [-0.25, -0.2) is 8.42 Å². The molecule has 2 atom stereocenters. The molecule has 0 aliphatic carbocycles. The van der Waals surface area contributed by atoms with Crippen molar-refractivity contribution in [1.82, 2.24) is 5.32 Å². The summed E-state index contributed by atoms with van der Waals surface area (Å²) in [6.45, 7) is 2.58. The molecule has 2 heterocycles. The van der Waals surface area contributed by atoms with Crippen molar-refractivity contribution in [2.75, 3.05) is 23.4 Å². The highest BCUT2D eigenvalue weighted by Crippen LogP contribution is 2.35. The first-order valence-electron chi connectivity index (χ1n) is 9.64. The van der Waals surface area contributed by atoms with Crippen LogP contribution >= 0.6 is 23.4 Å². The summed E-state index contributed by atoms with van der Waals surface area (Å²) < 4.78 is 23.4. The molecule has 6 nitrogen and oxygen atoms in total. The maximum Gasteiger partial charge on any atom is 0.251 e. The number of aryl methyl sites for hydroxylation is 1. The normalized spacial score (nSPS) is 21.7.